The first-order valence-corrected chi connectivity index (χ1v) is 15.7. The van der Waals surface area contributed by atoms with Crippen LogP contribution in [0.1, 0.15) is 83.7 Å². The molecule has 1 atom stereocenters. The van der Waals surface area contributed by atoms with Crippen molar-refractivity contribution in [1.29, 1.82) is 0 Å². The van der Waals surface area contributed by atoms with E-state index >= 15 is 0 Å². The molecule has 7 nitrogen and oxygen atoms in total. The number of thioether (sulfide) groups is 1. The lowest BCUT2D eigenvalue weighted by Gasteiger charge is -2.29. The van der Waals surface area contributed by atoms with E-state index in [0.29, 0.717) is 26.4 Å². The molecule has 0 saturated heterocycles. The van der Waals surface area contributed by atoms with E-state index in [1.54, 1.807) is 23.3 Å². The minimum atomic E-state index is -0.673. The zero-order chi connectivity index (χ0) is 31.1. The van der Waals surface area contributed by atoms with Crippen LogP contribution in [0.2, 0.25) is 0 Å². The minimum Gasteiger partial charge on any atom is -0.466 e. The Bertz CT molecular complexity index is 1730. The van der Waals surface area contributed by atoms with Gasteiger partial charge >= 0.3 is 11.9 Å². The first kappa shape index (κ1) is 31.5. The van der Waals surface area contributed by atoms with Crippen LogP contribution in [0, 0.1) is 0 Å². The Hall–Kier alpha value is -3.43. The molecule has 4 rings (SSSR count). The predicted molar refractivity (Wildman–Crippen MR) is 169 cm³/mol. The van der Waals surface area contributed by atoms with Gasteiger partial charge in [-0.1, -0.05) is 65.0 Å². The van der Waals surface area contributed by atoms with Crippen LogP contribution in [0.5, 0.6) is 5.75 Å². The number of carbonyl (C=O) groups is 2. The van der Waals surface area contributed by atoms with Gasteiger partial charge in [-0.15, -0.1) is 11.8 Å². The predicted octanol–water partition coefficient (Wildman–Crippen LogP) is 5.65. The van der Waals surface area contributed by atoms with Crippen molar-refractivity contribution in [3.8, 4) is 5.75 Å². The minimum absolute atomic E-state index is 0.245. The van der Waals surface area contributed by atoms with Crippen molar-refractivity contribution in [2.45, 2.75) is 77.2 Å². The number of esters is 2. The monoisotopic (exact) mass is 606 g/mol. The van der Waals surface area contributed by atoms with Crippen LogP contribution in [0.3, 0.4) is 0 Å². The van der Waals surface area contributed by atoms with Gasteiger partial charge in [0.25, 0.3) is 5.56 Å². The number of hydrogen-bond donors (Lipinski definition) is 0. The van der Waals surface area contributed by atoms with Crippen LogP contribution < -0.4 is 19.6 Å². The quantitative estimate of drug-likeness (QED) is 0.212. The van der Waals surface area contributed by atoms with Crippen molar-refractivity contribution in [3.05, 3.63) is 89.6 Å². The van der Waals surface area contributed by atoms with Gasteiger partial charge in [0.1, 0.15) is 5.75 Å². The second-order valence-corrected chi connectivity index (χ2v) is 14.3. The van der Waals surface area contributed by atoms with Gasteiger partial charge in [0.05, 0.1) is 29.0 Å². The molecular weight excluding hydrogens is 569 g/mol. The highest BCUT2D eigenvalue weighted by Gasteiger charge is 2.33. The fraction of sp³-hybridized carbons (Fsp3) is 0.394. The number of hydrogen-bond acceptors (Lipinski definition) is 8. The number of thiazole rings is 1. The lowest BCUT2D eigenvalue weighted by atomic mass is 9.78. The highest BCUT2D eigenvalue weighted by Crippen LogP contribution is 2.41. The van der Waals surface area contributed by atoms with E-state index < -0.39 is 12.0 Å². The number of methoxy groups -OCH3 is 1. The lowest BCUT2D eigenvalue weighted by Crippen LogP contribution is -2.39. The Morgan fingerprint density at radius 1 is 1.02 bits per heavy atom. The van der Waals surface area contributed by atoms with Crippen molar-refractivity contribution in [2.24, 2.45) is 4.99 Å². The molecule has 1 aromatic heterocycles. The first-order chi connectivity index (χ1) is 19.6. The number of aromatic nitrogens is 1. The molecule has 0 spiro atoms. The van der Waals surface area contributed by atoms with Crippen LogP contribution in [0.25, 0.3) is 6.08 Å². The Morgan fingerprint density at radius 3 is 2.07 bits per heavy atom. The van der Waals surface area contributed by atoms with Crippen molar-refractivity contribution >= 4 is 41.1 Å². The van der Waals surface area contributed by atoms with Crippen molar-refractivity contribution in [2.75, 3.05) is 13.4 Å². The lowest BCUT2D eigenvalue weighted by molar-refractivity contribution is -0.136. The number of rotatable bonds is 5. The topological polar surface area (TPSA) is 87.0 Å². The molecule has 1 unspecified atom stereocenters. The maximum atomic E-state index is 14.1. The van der Waals surface area contributed by atoms with Crippen LogP contribution in [-0.2, 0) is 25.2 Å². The SMILES string of the molecule is COC(=O)C1=C(C)N=c2sc(=Cc3cc(C(C)(C)C)c(OC(C)=O)c(C(C)(C)C)c3)c(=O)n2C1c1ccc(SC)cc1. The molecule has 0 radical (unpaired) electrons. The number of benzene rings is 2. The molecule has 0 fully saturated rings. The summed E-state index contributed by atoms with van der Waals surface area (Å²) in [4.78, 5) is 45.4. The molecule has 9 heteroatoms. The van der Waals surface area contributed by atoms with Gasteiger partial charge in [0, 0.05) is 22.9 Å². The smallest absolute Gasteiger partial charge is 0.338 e. The van der Waals surface area contributed by atoms with Gasteiger partial charge in [-0.2, -0.15) is 0 Å². The number of ether oxygens (including phenoxy) is 2. The summed E-state index contributed by atoms with van der Waals surface area (Å²) in [7, 11) is 1.33. The molecule has 0 saturated carbocycles. The van der Waals surface area contributed by atoms with Crippen molar-refractivity contribution < 1.29 is 19.1 Å². The summed E-state index contributed by atoms with van der Waals surface area (Å²) in [6.45, 7) is 15.6. The molecule has 222 valence electrons. The van der Waals surface area contributed by atoms with E-state index in [1.807, 2.05) is 48.7 Å². The summed E-state index contributed by atoms with van der Waals surface area (Å²) in [6.07, 6.45) is 3.85. The summed E-state index contributed by atoms with van der Waals surface area (Å²) < 4.78 is 13.0. The van der Waals surface area contributed by atoms with Gasteiger partial charge < -0.3 is 9.47 Å². The molecular formula is C33H38N2O5S2. The number of allylic oxidation sites excluding steroid dienone is 1. The van der Waals surface area contributed by atoms with Gasteiger partial charge in [-0.25, -0.2) is 9.79 Å². The molecule has 42 heavy (non-hydrogen) atoms. The Labute approximate surface area is 255 Å². The third-order valence-electron chi connectivity index (χ3n) is 7.13. The van der Waals surface area contributed by atoms with E-state index in [9.17, 15) is 14.4 Å². The van der Waals surface area contributed by atoms with Crippen molar-refractivity contribution in [1.82, 2.24) is 4.57 Å². The van der Waals surface area contributed by atoms with E-state index in [4.69, 9.17) is 9.47 Å². The standard InChI is InChI=1S/C33H38N2O5S2/c1-18-26(30(38)39-9)27(21-11-13-22(41-10)14-12-21)35-29(37)25(42-31(35)34-18)17-20-15-23(32(3,4)5)28(40-19(2)36)24(16-20)33(6,7)8/h11-17,27H,1-10H3. The van der Waals surface area contributed by atoms with Crippen molar-refractivity contribution in [3.63, 3.8) is 0 Å². The first-order valence-electron chi connectivity index (χ1n) is 13.7. The maximum absolute atomic E-state index is 14.1. The van der Waals surface area contributed by atoms with E-state index in [2.05, 4.69) is 46.5 Å². The molecule has 0 amide bonds. The molecule has 2 heterocycles. The zero-order valence-electron chi connectivity index (χ0n) is 25.9. The fourth-order valence-electron chi connectivity index (χ4n) is 5.05. The molecule has 2 aromatic carbocycles. The molecule has 0 bridgehead atoms. The second kappa shape index (κ2) is 11.7. The fourth-order valence-corrected chi connectivity index (χ4v) is 6.50. The molecule has 3 aromatic rings. The number of carbonyl (C=O) groups excluding carboxylic acids is 2. The molecule has 1 aliphatic heterocycles. The normalized spacial score (nSPS) is 15.8. The van der Waals surface area contributed by atoms with Gasteiger partial charge in [0.2, 0.25) is 0 Å². The average molecular weight is 607 g/mol. The number of nitrogens with zero attached hydrogens (tertiary/aromatic N) is 2. The summed E-state index contributed by atoms with van der Waals surface area (Å²) in [5.41, 5.74) is 3.30. The Balaban J connectivity index is 2.00. The highest BCUT2D eigenvalue weighted by atomic mass is 32.2. The zero-order valence-corrected chi connectivity index (χ0v) is 27.5. The van der Waals surface area contributed by atoms with Crippen LogP contribution in [0.15, 0.2) is 62.4 Å². The van der Waals surface area contributed by atoms with E-state index in [0.717, 1.165) is 27.1 Å². The van der Waals surface area contributed by atoms with E-state index in [1.165, 1.54) is 25.4 Å². The Morgan fingerprint density at radius 2 is 1.60 bits per heavy atom. The molecule has 0 N–H and O–H groups in total. The van der Waals surface area contributed by atoms with Gasteiger partial charge in [-0.3, -0.25) is 14.2 Å². The largest absolute Gasteiger partial charge is 0.466 e. The average Bonchev–Trinajstić information content (AvgIpc) is 3.20. The third kappa shape index (κ3) is 6.17. The Kier molecular flexibility index (Phi) is 8.77. The molecule has 0 aliphatic carbocycles. The summed E-state index contributed by atoms with van der Waals surface area (Å²) in [5.74, 6) is -0.335. The second-order valence-electron chi connectivity index (χ2n) is 12.4. The van der Waals surface area contributed by atoms with Crippen LogP contribution >= 0.6 is 23.1 Å². The highest BCUT2D eigenvalue weighted by molar-refractivity contribution is 7.98. The van der Waals surface area contributed by atoms with Gasteiger partial charge in [-0.05, 0) is 65.5 Å². The van der Waals surface area contributed by atoms with Crippen LogP contribution in [-0.4, -0.2) is 29.9 Å². The third-order valence-corrected chi connectivity index (χ3v) is 8.86. The summed E-state index contributed by atoms with van der Waals surface area (Å²) in [5, 5.41) is 0. The summed E-state index contributed by atoms with van der Waals surface area (Å²) in [6, 6.07) is 11.1. The van der Waals surface area contributed by atoms with E-state index in [-0.39, 0.29) is 22.4 Å². The number of fused-ring (bicyclic) bond motifs is 1. The summed E-state index contributed by atoms with van der Waals surface area (Å²) >= 11 is 2.90. The maximum Gasteiger partial charge on any atom is 0.338 e. The van der Waals surface area contributed by atoms with Gasteiger partial charge in [0.15, 0.2) is 4.80 Å². The van der Waals surface area contributed by atoms with Crippen LogP contribution in [0.4, 0.5) is 0 Å². The molecule has 1 aliphatic rings.